The summed E-state index contributed by atoms with van der Waals surface area (Å²) in [4.78, 5) is 27.1. The van der Waals surface area contributed by atoms with Crippen LogP contribution in [0.2, 0.25) is 0 Å². The Morgan fingerprint density at radius 2 is 2.22 bits per heavy atom. The van der Waals surface area contributed by atoms with Gasteiger partial charge in [0.15, 0.2) is 5.01 Å². The summed E-state index contributed by atoms with van der Waals surface area (Å²) in [6, 6.07) is 0. The van der Waals surface area contributed by atoms with E-state index in [4.69, 9.17) is 5.84 Å². The van der Waals surface area contributed by atoms with E-state index in [0.717, 1.165) is 0 Å². The number of amides is 1. The van der Waals surface area contributed by atoms with Crippen molar-refractivity contribution in [2.24, 2.45) is 5.84 Å². The molecule has 2 heterocycles. The van der Waals surface area contributed by atoms with Gasteiger partial charge in [0.05, 0.1) is 12.2 Å². The van der Waals surface area contributed by atoms with Crippen molar-refractivity contribution in [1.82, 2.24) is 19.5 Å². The summed E-state index contributed by atoms with van der Waals surface area (Å²) >= 11 is 1.19. The van der Waals surface area contributed by atoms with Gasteiger partial charge in [0.25, 0.3) is 5.91 Å². The van der Waals surface area contributed by atoms with Gasteiger partial charge in [-0.2, -0.15) is 0 Å². The molecule has 2 rings (SSSR count). The van der Waals surface area contributed by atoms with E-state index in [1.807, 2.05) is 12.3 Å². The summed E-state index contributed by atoms with van der Waals surface area (Å²) in [5, 5.41) is 2.02. The van der Waals surface area contributed by atoms with Crippen LogP contribution in [0.5, 0.6) is 0 Å². The molecule has 0 saturated carbocycles. The third-order valence-electron chi connectivity index (χ3n) is 2.47. The first-order valence-electron chi connectivity index (χ1n) is 5.36. The maximum Gasteiger partial charge on any atom is 0.328 e. The number of nitrogen functional groups attached to an aromatic ring is 1. The highest BCUT2D eigenvalue weighted by Gasteiger charge is 2.10. The Labute approximate surface area is 107 Å². The van der Waals surface area contributed by atoms with E-state index in [1.54, 1.807) is 26.9 Å². The number of nitrogens with two attached hydrogens (primary N) is 1. The van der Waals surface area contributed by atoms with E-state index < -0.39 is 5.91 Å². The standard InChI is InChI=1S/C10H13N5O2S/c1-2-14-3-4-15(10(14)17)5-7-6-18-9(12-7)8(16)13-11/h3-4,6H,2,5,11H2,1H3,(H,13,16). The van der Waals surface area contributed by atoms with Crippen LogP contribution in [0.4, 0.5) is 0 Å². The van der Waals surface area contributed by atoms with Crippen LogP contribution in [-0.2, 0) is 13.1 Å². The predicted molar refractivity (Wildman–Crippen MR) is 67.2 cm³/mol. The number of rotatable bonds is 4. The van der Waals surface area contributed by atoms with Gasteiger partial charge in [-0.1, -0.05) is 0 Å². The van der Waals surface area contributed by atoms with Crippen molar-refractivity contribution >= 4 is 17.2 Å². The molecule has 0 atom stereocenters. The number of aryl methyl sites for hydroxylation is 1. The summed E-state index contributed by atoms with van der Waals surface area (Å²) < 4.78 is 3.14. The number of carbonyl (C=O) groups is 1. The Balaban J connectivity index is 2.19. The predicted octanol–water partition coefficient (Wildman–Crippen LogP) is -0.222. The zero-order chi connectivity index (χ0) is 13.1. The number of aromatic nitrogens is 3. The topological polar surface area (TPSA) is 94.9 Å². The number of hydrazine groups is 1. The lowest BCUT2D eigenvalue weighted by Crippen LogP contribution is -2.30. The van der Waals surface area contributed by atoms with Crippen molar-refractivity contribution in [1.29, 1.82) is 0 Å². The van der Waals surface area contributed by atoms with Crippen LogP contribution in [0.1, 0.15) is 22.4 Å². The van der Waals surface area contributed by atoms with Gasteiger partial charge in [-0.25, -0.2) is 15.6 Å². The van der Waals surface area contributed by atoms with Gasteiger partial charge in [0, 0.05) is 24.3 Å². The summed E-state index contributed by atoms with van der Waals surface area (Å²) in [5.41, 5.74) is 2.59. The van der Waals surface area contributed by atoms with Crippen LogP contribution in [0.25, 0.3) is 0 Å². The molecule has 0 aromatic carbocycles. The second-order valence-corrected chi connectivity index (χ2v) is 4.47. The first-order chi connectivity index (χ1) is 8.65. The van der Waals surface area contributed by atoms with Gasteiger partial charge in [-0.3, -0.25) is 19.4 Å². The van der Waals surface area contributed by atoms with Crippen LogP contribution in [0.15, 0.2) is 22.6 Å². The van der Waals surface area contributed by atoms with E-state index in [-0.39, 0.29) is 10.7 Å². The van der Waals surface area contributed by atoms with Crippen LogP contribution >= 0.6 is 11.3 Å². The second-order valence-electron chi connectivity index (χ2n) is 3.61. The summed E-state index contributed by atoms with van der Waals surface area (Å²) in [7, 11) is 0. The normalized spacial score (nSPS) is 10.6. The SMILES string of the molecule is CCn1ccn(Cc2csc(C(=O)NN)n2)c1=O. The monoisotopic (exact) mass is 267 g/mol. The smallest absolute Gasteiger partial charge is 0.300 e. The van der Waals surface area contributed by atoms with Crippen molar-refractivity contribution in [3.05, 3.63) is 39.0 Å². The Kier molecular flexibility index (Phi) is 3.58. The molecule has 7 nitrogen and oxygen atoms in total. The maximum atomic E-state index is 11.8. The van der Waals surface area contributed by atoms with E-state index in [9.17, 15) is 9.59 Å². The highest BCUT2D eigenvalue weighted by Crippen LogP contribution is 2.10. The molecule has 1 amide bonds. The molecule has 8 heteroatoms. The quantitative estimate of drug-likeness (QED) is 0.455. The van der Waals surface area contributed by atoms with Gasteiger partial charge in [-0.15, -0.1) is 11.3 Å². The molecule has 0 bridgehead atoms. The maximum absolute atomic E-state index is 11.8. The highest BCUT2D eigenvalue weighted by atomic mass is 32.1. The zero-order valence-electron chi connectivity index (χ0n) is 9.79. The van der Waals surface area contributed by atoms with Crippen LogP contribution in [-0.4, -0.2) is 20.0 Å². The number of nitrogens with zero attached hydrogens (tertiary/aromatic N) is 3. The van der Waals surface area contributed by atoms with Gasteiger partial charge in [0.1, 0.15) is 0 Å². The molecule has 2 aromatic heterocycles. The van der Waals surface area contributed by atoms with Crippen LogP contribution < -0.4 is 17.0 Å². The Morgan fingerprint density at radius 1 is 1.50 bits per heavy atom. The fraction of sp³-hybridized carbons (Fsp3) is 0.300. The number of hydrogen-bond donors (Lipinski definition) is 2. The Bertz CT molecular complexity index is 612. The second kappa shape index (κ2) is 5.15. The summed E-state index contributed by atoms with van der Waals surface area (Å²) in [6.45, 7) is 2.88. The van der Waals surface area contributed by atoms with Crippen molar-refractivity contribution < 1.29 is 4.79 Å². The minimum atomic E-state index is -0.426. The van der Waals surface area contributed by atoms with Crippen LogP contribution in [0.3, 0.4) is 0 Å². The van der Waals surface area contributed by atoms with E-state index >= 15 is 0 Å². The molecule has 2 aromatic rings. The molecule has 0 aliphatic rings. The molecule has 0 saturated heterocycles. The zero-order valence-corrected chi connectivity index (χ0v) is 10.6. The van der Waals surface area contributed by atoms with Crippen LogP contribution in [0, 0.1) is 0 Å². The molecule has 0 unspecified atom stereocenters. The summed E-state index contributed by atoms with van der Waals surface area (Å²) in [6.07, 6.45) is 3.43. The number of carbonyl (C=O) groups excluding carboxylic acids is 1. The molecule has 0 aliphatic carbocycles. The lowest BCUT2D eigenvalue weighted by Gasteiger charge is -1.97. The Morgan fingerprint density at radius 3 is 2.83 bits per heavy atom. The van der Waals surface area contributed by atoms with Crippen molar-refractivity contribution in [2.75, 3.05) is 0 Å². The average molecular weight is 267 g/mol. The number of nitrogens with one attached hydrogen (secondary N) is 1. The van der Waals surface area contributed by atoms with E-state index in [1.165, 1.54) is 11.3 Å². The molecule has 0 aliphatic heterocycles. The largest absolute Gasteiger partial charge is 0.328 e. The molecule has 18 heavy (non-hydrogen) atoms. The Hall–Kier alpha value is -1.93. The molecule has 0 spiro atoms. The number of hydrogen-bond acceptors (Lipinski definition) is 5. The highest BCUT2D eigenvalue weighted by molar-refractivity contribution is 7.11. The fourth-order valence-electron chi connectivity index (χ4n) is 1.53. The lowest BCUT2D eigenvalue weighted by molar-refractivity contribution is 0.0953. The molecule has 0 fully saturated rings. The number of imidazole rings is 1. The molecular weight excluding hydrogens is 254 g/mol. The first kappa shape index (κ1) is 12.5. The van der Waals surface area contributed by atoms with Gasteiger partial charge in [-0.05, 0) is 6.92 Å². The molecular formula is C10H13N5O2S. The fourth-order valence-corrected chi connectivity index (χ4v) is 2.25. The van der Waals surface area contributed by atoms with Gasteiger partial charge < -0.3 is 0 Å². The molecule has 96 valence electrons. The minimum Gasteiger partial charge on any atom is -0.300 e. The third-order valence-corrected chi connectivity index (χ3v) is 3.36. The molecule has 0 radical (unpaired) electrons. The van der Waals surface area contributed by atoms with Crippen molar-refractivity contribution in [3.8, 4) is 0 Å². The van der Waals surface area contributed by atoms with Gasteiger partial charge >= 0.3 is 5.69 Å². The van der Waals surface area contributed by atoms with Gasteiger partial charge in [0.2, 0.25) is 0 Å². The first-order valence-corrected chi connectivity index (χ1v) is 6.24. The molecule has 3 N–H and O–H groups in total. The third kappa shape index (κ3) is 2.34. The van der Waals surface area contributed by atoms with Crippen molar-refractivity contribution in [3.63, 3.8) is 0 Å². The van der Waals surface area contributed by atoms with E-state index in [2.05, 4.69) is 4.98 Å². The average Bonchev–Trinajstić information content (AvgIpc) is 2.97. The minimum absolute atomic E-state index is 0.0877. The summed E-state index contributed by atoms with van der Waals surface area (Å²) in [5.74, 6) is 4.59. The van der Waals surface area contributed by atoms with Crippen molar-refractivity contribution in [2.45, 2.75) is 20.0 Å². The lowest BCUT2D eigenvalue weighted by atomic mass is 10.5. The van der Waals surface area contributed by atoms with E-state index in [0.29, 0.717) is 18.8 Å². The number of thiazole rings is 1.